The molecule has 0 spiro atoms. The van der Waals surface area contributed by atoms with Crippen LogP contribution in [-0.4, -0.2) is 13.0 Å². The molecule has 0 fully saturated rings. The second-order valence-electron chi connectivity index (χ2n) is 6.19. The highest BCUT2D eigenvalue weighted by atomic mass is 19.1. The molecule has 128 valence electrons. The first-order valence-corrected chi connectivity index (χ1v) is 8.17. The number of amides is 1. The van der Waals surface area contributed by atoms with E-state index < -0.39 is 0 Å². The van der Waals surface area contributed by atoms with E-state index in [1.54, 1.807) is 19.2 Å². The summed E-state index contributed by atoms with van der Waals surface area (Å²) in [5, 5.41) is 3.06. The average molecular weight is 329 g/mol. The summed E-state index contributed by atoms with van der Waals surface area (Å²) in [5.41, 5.74) is 2.01. The number of aryl methyl sites for hydroxylation is 1. The fourth-order valence-electron chi connectivity index (χ4n) is 2.60. The second-order valence-corrected chi connectivity index (χ2v) is 6.19. The van der Waals surface area contributed by atoms with Gasteiger partial charge in [0.2, 0.25) is 5.91 Å². The Morgan fingerprint density at radius 2 is 1.71 bits per heavy atom. The molecule has 0 aromatic heterocycles. The molecular weight excluding hydrogens is 305 g/mol. The van der Waals surface area contributed by atoms with Crippen molar-refractivity contribution in [2.75, 3.05) is 7.11 Å². The van der Waals surface area contributed by atoms with Gasteiger partial charge in [-0.2, -0.15) is 0 Å². The van der Waals surface area contributed by atoms with Gasteiger partial charge in [0, 0.05) is 6.42 Å². The van der Waals surface area contributed by atoms with Crippen LogP contribution in [0.4, 0.5) is 4.39 Å². The number of nitrogens with one attached hydrogen (secondary N) is 1. The zero-order valence-corrected chi connectivity index (χ0v) is 14.4. The monoisotopic (exact) mass is 329 g/mol. The number of carbonyl (C=O) groups is 1. The van der Waals surface area contributed by atoms with E-state index in [0.29, 0.717) is 12.8 Å². The molecule has 0 saturated heterocycles. The van der Waals surface area contributed by atoms with Crippen molar-refractivity contribution < 1.29 is 13.9 Å². The molecule has 2 aromatic rings. The number of hydrogen-bond donors (Lipinski definition) is 1. The van der Waals surface area contributed by atoms with Crippen molar-refractivity contribution in [3.8, 4) is 5.75 Å². The Hall–Kier alpha value is -2.36. The maximum Gasteiger partial charge on any atom is 0.220 e. The maximum absolute atomic E-state index is 13.1. The third kappa shape index (κ3) is 5.08. The first kappa shape index (κ1) is 18.0. The van der Waals surface area contributed by atoms with Crippen LogP contribution in [0.2, 0.25) is 0 Å². The fraction of sp³-hybridized carbons (Fsp3) is 0.350. The first-order chi connectivity index (χ1) is 11.5. The SMILES string of the molecule is COc1ccc(CCC(=O)NC(c2ccc(F)cc2)C(C)C)cc1. The van der Waals surface area contributed by atoms with Gasteiger partial charge in [0.1, 0.15) is 11.6 Å². The van der Waals surface area contributed by atoms with Gasteiger partial charge < -0.3 is 10.1 Å². The van der Waals surface area contributed by atoms with Crippen LogP contribution in [-0.2, 0) is 11.2 Å². The third-order valence-corrected chi connectivity index (χ3v) is 4.01. The molecule has 1 atom stereocenters. The highest BCUT2D eigenvalue weighted by Crippen LogP contribution is 2.22. The molecule has 0 saturated carbocycles. The number of methoxy groups -OCH3 is 1. The molecule has 4 heteroatoms. The Morgan fingerprint density at radius 1 is 1.08 bits per heavy atom. The van der Waals surface area contributed by atoms with E-state index in [9.17, 15) is 9.18 Å². The molecule has 0 heterocycles. The molecule has 0 aliphatic rings. The Labute approximate surface area is 142 Å². The lowest BCUT2D eigenvalue weighted by atomic mass is 9.95. The summed E-state index contributed by atoms with van der Waals surface area (Å²) in [6.07, 6.45) is 1.08. The number of ether oxygens (including phenoxy) is 1. The molecule has 24 heavy (non-hydrogen) atoms. The predicted octanol–water partition coefficient (Wildman–Crippen LogP) is 4.28. The minimum atomic E-state index is -0.271. The quantitative estimate of drug-likeness (QED) is 0.823. The molecule has 0 aliphatic carbocycles. The summed E-state index contributed by atoms with van der Waals surface area (Å²) >= 11 is 0. The smallest absolute Gasteiger partial charge is 0.220 e. The largest absolute Gasteiger partial charge is 0.497 e. The van der Waals surface area contributed by atoms with Crippen LogP contribution < -0.4 is 10.1 Å². The van der Waals surface area contributed by atoms with Crippen LogP contribution in [0.3, 0.4) is 0 Å². The molecule has 0 bridgehead atoms. The van der Waals surface area contributed by atoms with E-state index in [0.717, 1.165) is 16.9 Å². The molecule has 0 radical (unpaired) electrons. The van der Waals surface area contributed by atoms with Crippen LogP contribution in [0.5, 0.6) is 5.75 Å². The Balaban J connectivity index is 1.93. The fourth-order valence-corrected chi connectivity index (χ4v) is 2.60. The van der Waals surface area contributed by atoms with Crippen molar-refractivity contribution in [2.45, 2.75) is 32.7 Å². The number of rotatable bonds is 7. The molecule has 1 unspecified atom stereocenters. The molecule has 0 aliphatic heterocycles. The lowest BCUT2D eigenvalue weighted by molar-refractivity contribution is -0.122. The molecule has 1 amide bonds. The van der Waals surface area contributed by atoms with Gasteiger partial charge in [-0.05, 0) is 47.7 Å². The molecular formula is C20H24FNO2. The van der Waals surface area contributed by atoms with Crippen molar-refractivity contribution in [3.63, 3.8) is 0 Å². The topological polar surface area (TPSA) is 38.3 Å². The summed E-state index contributed by atoms with van der Waals surface area (Å²) in [6, 6.07) is 13.9. The van der Waals surface area contributed by atoms with Gasteiger partial charge in [-0.25, -0.2) is 4.39 Å². The van der Waals surface area contributed by atoms with E-state index in [2.05, 4.69) is 5.32 Å². The Kier molecular flexibility index (Phi) is 6.36. The standard InChI is InChI=1S/C20H24FNO2/c1-14(2)20(16-7-9-17(21)10-8-16)22-19(23)13-6-15-4-11-18(24-3)12-5-15/h4-5,7-12,14,20H,6,13H2,1-3H3,(H,22,23). The summed E-state index contributed by atoms with van der Waals surface area (Å²) < 4.78 is 18.2. The predicted molar refractivity (Wildman–Crippen MR) is 93.4 cm³/mol. The lowest BCUT2D eigenvalue weighted by Gasteiger charge is -2.23. The molecule has 2 aromatic carbocycles. The van der Waals surface area contributed by atoms with Gasteiger partial charge in [-0.3, -0.25) is 4.79 Å². The second kappa shape index (κ2) is 8.48. The maximum atomic E-state index is 13.1. The van der Waals surface area contributed by atoms with Crippen LogP contribution >= 0.6 is 0 Å². The van der Waals surface area contributed by atoms with Crippen molar-refractivity contribution in [2.24, 2.45) is 5.92 Å². The van der Waals surface area contributed by atoms with Gasteiger partial charge in [0.05, 0.1) is 13.2 Å². The average Bonchev–Trinajstić information content (AvgIpc) is 2.59. The highest BCUT2D eigenvalue weighted by molar-refractivity contribution is 5.76. The third-order valence-electron chi connectivity index (χ3n) is 4.01. The van der Waals surface area contributed by atoms with Gasteiger partial charge in [-0.1, -0.05) is 38.1 Å². The lowest BCUT2D eigenvalue weighted by Crippen LogP contribution is -2.31. The van der Waals surface area contributed by atoms with E-state index in [1.807, 2.05) is 38.1 Å². The zero-order chi connectivity index (χ0) is 17.5. The number of halogens is 1. The van der Waals surface area contributed by atoms with E-state index in [-0.39, 0.29) is 23.7 Å². The molecule has 2 rings (SSSR count). The van der Waals surface area contributed by atoms with Crippen LogP contribution in [0.15, 0.2) is 48.5 Å². The summed E-state index contributed by atoms with van der Waals surface area (Å²) in [4.78, 5) is 12.3. The van der Waals surface area contributed by atoms with Gasteiger partial charge in [0.15, 0.2) is 0 Å². The van der Waals surface area contributed by atoms with Crippen molar-refractivity contribution in [1.29, 1.82) is 0 Å². The minimum absolute atomic E-state index is 0.00570. The van der Waals surface area contributed by atoms with Gasteiger partial charge in [0.25, 0.3) is 0 Å². The van der Waals surface area contributed by atoms with E-state index in [1.165, 1.54) is 12.1 Å². The minimum Gasteiger partial charge on any atom is -0.497 e. The van der Waals surface area contributed by atoms with Crippen LogP contribution in [0.1, 0.15) is 37.4 Å². The highest BCUT2D eigenvalue weighted by Gasteiger charge is 2.18. The number of carbonyl (C=O) groups excluding carboxylic acids is 1. The van der Waals surface area contributed by atoms with Crippen molar-refractivity contribution in [1.82, 2.24) is 5.32 Å². The first-order valence-electron chi connectivity index (χ1n) is 8.17. The van der Waals surface area contributed by atoms with Gasteiger partial charge in [-0.15, -0.1) is 0 Å². The summed E-state index contributed by atoms with van der Waals surface area (Å²) in [5.74, 6) is 0.751. The van der Waals surface area contributed by atoms with Crippen LogP contribution in [0.25, 0.3) is 0 Å². The molecule has 1 N–H and O–H groups in total. The van der Waals surface area contributed by atoms with Crippen LogP contribution in [0, 0.1) is 11.7 Å². The number of hydrogen-bond acceptors (Lipinski definition) is 2. The summed E-state index contributed by atoms with van der Waals surface area (Å²) in [7, 11) is 1.63. The van der Waals surface area contributed by atoms with E-state index in [4.69, 9.17) is 4.74 Å². The summed E-state index contributed by atoms with van der Waals surface area (Å²) in [6.45, 7) is 4.08. The Bertz CT molecular complexity index is 650. The normalized spacial score (nSPS) is 12.0. The van der Waals surface area contributed by atoms with Crippen molar-refractivity contribution >= 4 is 5.91 Å². The van der Waals surface area contributed by atoms with Crippen molar-refractivity contribution in [3.05, 3.63) is 65.5 Å². The van der Waals surface area contributed by atoms with E-state index >= 15 is 0 Å². The molecule has 3 nitrogen and oxygen atoms in total. The zero-order valence-electron chi connectivity index (χ0n) is 14.4. The Morgan fingerprint density at radius 3 is 2.25 bits per heavy atom. The van der Waals surface area contributed by atoms with Gasteiger partial charge >= 0.3 is 0 Å². The number of benzene rings is 2.